The third-order valence-corrected chi connectivity index (χ3v) is 4.49. The molecule has 0 radical (unpaired) electrons. The van der Waals surface area contributed by atoms with Crippen LogP contribution in [0.15, 0.2) is 18.2 Å². The summed E-state index contributed by atoms with van der Waals surface area (Å²) in [5.41, 5.74) is 6.25. The Bertz CT molecular complexity index is 589. The first-order valence-corrected chi connectivity index (χ1v) is 8.12. The number of amides is 1. The van der Waals surface area contributed by atoms with Gasteiger partial charge in [0.25, 0.3) is 0 Å². The summed E-state index contributed by atoms with van der Waals surface area (Å²) < 4.78 is 16.4. The molecule has 7 nitrogen and oxygen atoms in total. The van der Waals surface area contributed by atoms with Crippen LogP contribution in [0.5, 0.6) is 17.2 Å². The summed E-state index contributed by atoms with van der Waals surface area (Å²) in [5, 5.41) is 0. The molecule has 2 fully saturated rings. The van der Waals surface area contributed by atoms with Crippen molar-refractivity contribution in [3.05, 3.63) is 18.2 Å². The van der Waals surface area contributed by atoms with Gasteiger partial charge in [-0.2, -0.15) is 0 Å². The molecule has 2 saturated heterocycles. The van der Waals surface area contributed by atoms with Crippen molar-refractivity contribution in [3.63, 3.8) is 0 Å². The van der Waals surface area contributed by atoms with E-state index in [4.69, 9.17) is 14.2 Å². The number of nitrogens with one attached hydrogen (secondary N) is 2. The second-order valence-corrected chi connectivity index (χ2v) is 6.13. The number of nitrogens with zero attached hydrogens (tertiary/aromatic N) is 1. The van der Waals surface area contributed by atoms with Crippen LogP contribution in [0.2, 0.25) is 0 Å². The lowest BCUT2D eigenvalue weighted by atomic mass is 10.1. The van der Waals surface area contributed by atoms with Crippen molar-refractivity contribution >= 4 is 5.91 Å². The van der Waals surface area contributed by atoms with Gasteiger partial charge in [0.2, 0.25) is 12.7 Å². The molecule has 4 rings (SSSR count). The Morgan fingerprint density at radius 2 is 2.04 bits per heavy atom. The Balaban J connectivity index is 1.28. The minimum absolute atomic E-state index is 0.108. The molecule has 0 aliphatic carbocycles. The Morgan fingerprint density at radius 3 is 2.91 bits per heavy atom. The number of hydrogen-bond acceptors (Lipinski definition) is 6. The average Bonchev–Trinajstić information content (AvgIpc) is 3.32. The number of rotatable bonds is 4. The summed E-state index contributed by atoms with van der Waals surface area (Å²) in [6, 6.07) is 5.49. The quantitative estimate of drug-likeness (QED) is 0.849. The summed E-state index contributed by atoms with van der Waals surface area (Å²) in [6.07, 6.45) is 2.96. The van der Waals surface area contributed by atoms with Crippen LogP contribution in [0, 0.1) is 0 Å². The van der Waals surface area contributed by atoms with Crippen molar-refractivity contribution < 1.29 is 19.0 Å². The maximum atomic E-state index is 12.3. The van der Waals surface area contributed by atoms with Gasteiger partial charge in [0.15, 0.2) is 11.5 Å². The summed E-state index contributed by atoms with van der Waals surface area (Å²) in [5.74, 6) is 2.39. The van der Waals surface area contributed by atoms with E-state index in [-0.39, 0.29) is 24.8 Å². The molecule has 124 valence electrons. The molecular weight excluding hydrogens is 298 g/mol. The van der Waals surface area contributed by atoms with Crippen molar-refractivity contribution in [3.8, 4) is 17.2 Å². The van der Waals surface area contributed by atoms with Gasteiger partial charge >= 0.3 is 0 Å². The number of hydrogen-bond donors (Lipinski definition) is 2. The fourth-order valence-electron chi connectivity index (χ4n) is 3.21. The van der Waals surface area contributed by atoms with Crippen LogP contribution in [0.3, 0.4) is 0 Å². The van der Waals surface area contributed by atoms with E-state index in [0.717, 1.165) is 43.9 Å². The first-order chi connectivity index (χ1) is 11.3. The molecule has 3 aliphatic rings. The number of ether oxygens (including phenoxy) is 3. The number of hydrazine groups is 1. The Morgan fingerprint density at radius 1 is 1.22 bits per heavy atom. The van der Waals surface area contributed by atoms with Crippen molar-refractivity contribution in [2.75, 3.05) is 26.5 Å². The van der Waals surface area contributed by atoms with Crippen LogP contribution in [-0.4, -0.2) is 49.4 Å². The molecule has 2 atom stereocenters. The molecule has 2 N–H and O–H groups in total. The molecule has 0 bridgehead atoms. The summed E-state index contributed by atoms with van der Waals surface area (Å²) in [7, 11) is 0. The third-order valence-electron chi connectivity index (χ3n) is 4.49. The molecule has 7 heteroatoms. The van der Waals surface area contributed by atoms with E-state index < -0.39 is 0 Å². The van der Waals surface area contributed by atoms with Gasteiger partial charge in [-0.25, -0.2) is 5.43 Å². The zero-order valence-electron chi connectivity index (χ0n) is 12.9. The zero-order valence-corrected chi connectivity index (χ0v) is 12.9. The minimum atomic E-state index is -0.154. The SMILES string of the molecule is O=C(C1CC(COc2ccc3c(c2)OCO3)NN1)N1CCCC1. The van der Waals surface area contributed by atoms with Crippen LogP contribution >= 0.6 is 0 Å². The summed E-state index contributed by atoms with van der Waals surface area (Å²) >= 11 is 0. The van der Waals surface area contributed by atoms with E-state index in [1.807, 2.05) is 23.1 Å². The number of fused-ring (bicyclic) bond motifs is 1. The molecule has 3 aliphatic heterocycles. The number of benzene rings is 1. The molecule has 0 saturated carbocycles. The maximum absolute atomic E-state index is 12.3. The van der Waals surface area contributed by atoms with E-state index in [9.17, 15) is 4.79 Å². The molecular formula is C16H21N3O4. The lowest BCUT2D eigenvalue weighted by Crippen LogP contribution is -2.44. The van der Waals surface area contributed by atoms with Gasteiger partial charge in [-0.15, -0.1) is 0 Å². The number of likely N-dealkylation sites (tertiary alicyclic amines) is 1. The van der Waals surface area contributed by atoms with Gasteiger partial charge < -0.3 is 19.1 Å². The summed E-state index contributed by atoms with van der Waals surface area (Å²) in [4.78, 5) is 14.3. The van der Waals surface area contributed by atoms with Crippen molar-refractivity contribution in [1.82, 2.24) is 15.8 Å². The second kappa shape index (κ2) is 6.25. The molecule has 0 spiro atoms. The predicted octanol–water partition coefficient (Wildman–Crippen LogP) is 0.652. The Labute approximate surface area is 134 Å². The maximum Gasteiger partial charge on any atom is 0.241 e. The highest BCUT2D eigenvalue weighted by atomic mass is 16.7. The number of carbonyl (C=O) groups is 1. The van der Waals surface area contributed by atoms with E-state index in [0.29, 0.717) is 12.4 Å². The van der Waals surface area contributed by atoms with E-state index in [1.165, 1.54) is 0 Å². The van der Waals surface area contributed by atoms with Crippen LogP contribution in [-0.2, 0) is 4.79 Å². The topological polar surface area (TPSA) is 72.1 Å². The van der Waals surface area contributed by atoms with Crippen LogP contribution < -0.4 is 25.1 Å². The second-order valence-electron chi connectivity index (χ2n) is 6.13. The van der Waals surface area contributed by atoms with Gasteiger partial charge in [-0.3, -0.25) is 10.2 Å². The van der Waals surface area contributed by atoms with E-state index in [1.54, 1.807) is 0 Å². The van der Waals surface area contributed by atoms with Crippen molar-refractivity contribution in [2.45, 2.75) is 31.3 Å². The van der Waals surface area contributed by atoms with Crippen molar-refractivity contribution in [1.29, 1.82) is 0 Å². The van der Waals surface area contributed by atoms with E-state index >= 15 is 0 Å². The van der Waals surface area contributed by atoms with Gasteiger partial charge in [-0.05, 0) is 31.4 Å². The van der Waals surface area contributed by atoms with Crippen molar-refractivity contribution in [2.24, 2.45) is 0 Å². The lowest BCUT2D eigenvalue weighted by molar-refractivity contribution is -0.132. The summed E-state index contributed by atoms with van der Waals surface area (Å²) in [6.45, 7) is 2.52. The molecule has 1 aromatic carbocycles. The largest absolute Gasteiger partial charge is 0.492 e. The molecule has 2 unspecified atom stereocenters. The first-order valence-electron chi connectivity index (χ1n) is 8.12. The average molecular weight is 319 g/mol. The van der Waals surface area contributed by atoms with Gasteiger partial charge in [0.1, 0.15) is 18.4 Å². The van der Waals surface area contributed by atoms with Crippen LogP contribution in [0.25, 0.3) is 0 Å². The third kappa shape index (κ3) is 3.07. The molecule has 1 aromatic rings. The minimum Gasteiger partial charge on any atom is -0.492 e. The lowest BCUT2D eigenvalue weighted by Gasteiger charge is -2.19. The van der Waals surface area contributed by atoms with Crippen LogP contribution in [0.1, 0.15) is 19.3 Å². The van der Waals surface area contributed by atoms with Gasteiger partial charge in [0.05, 0.1) is 6.04 Å². The highest BCUT2D eigenvalue weighted by molar-refractivity contribution is 5.82. The Hall–Kier alpha value is -1.99. The molecule has 0 aromatic heterocycles. The normalized spacial score (nSPS) is 25.8. The highest BCUT2D eigenvalue weighted by Crippen LogP contribution is 2.35. The fraction of sp³-hybridized carbons (Fsp3) is 0.562. The van der Waals surface area contributed by atoms with Gasteiger partial charge in [0, 0.05) is 19.2 Å². The van der Waals surface area contributed by atoms with Gasteiger partial charge in [-0.1, -0.05) is 0 Å². The monoisotopic (exact) mass is 319 g/mol. The first kappa shape index (κ1) is 14.6. The molecule has 3 heterocycles. The highest BCUT2D eigenvalue weighted by Gasteiger charge is 2.33. The Kier molecular flexibility index (Phi) is 3.97. The van der Waals surface area contributed by atoms with E-state index in [2.05, 4.69) is 10.9 Å². The molecule has 1 amide bonds. The number of carbonyl (C=O) groups excluding carboxylic acids is 1. The predicted molar refractivity (Wildman–Crippen MR) is 82.3 cm³/mol. The van der Waals surface area contributed by atoms with Crippen LogP contribution in [0.4, 0.5) is 0 Å². The zero-order chi connectivity index (χ0) is 15.6. The fourth-order valence-corrected chi connectivity index (χ4v) is 3.21. The molecule has 23 heavy (non-hydrogen) atoms. The smallest absolute Gasteiger partial charge is 0.241 e. The standard InChI is InChI=1S/C16H21N3O4/c20-16(19-5-1-2-6-19)13-7-11(17-18-13)9-21-12-3-4-14-15(8-12)23-10-22-14/h3-4,8,11,13,17-18H,1-2,5-7,9-10H2.